The van der Waals surface area contributed by atoms with Gasteiger partial charge in [0.05, 0.1) is 6.61 Å². The van der Waals surface area contributed by atoms with Gasteiger partial charge in [0.1, 0.15) is 0 Å². The van der Waals surface area contributed by atoms with E-state index < -0.39 is 8.32 Å². The predicted octanol–water partition coefficient (Wildman–Crippen LogP) is 4.85. The highest BCUT2D eigenvalue weighted by molar-refractivity contribution is 6.99. The summed E-state index contributed by atoms with van der Waals surface area (Å²) in [6, 6.07) is 21.3. The molecule has 0 saturated carbocycles. The van der Waals surface area contributed by atoms with Crippen molar-refractivity contribution >= 4 is 24.7 Å². The van der Waals surface area contributed by atoms with Crippen molar-refractivity contribution in [2.45, 2.75) is 58.6 Å². The summed E-state index contributed by atoms with van der Waals surface area (Å²) < 4.78 is 12.0. The quantitative estimate of drug-likeness (QED) is 0.337. The third-order valence-electron chi connectivity index (χ3n) is 5.08. The van der Waals surface area contributed by atoms with Gasteiger partial charge in [0, 0.05) is 12.2 Å². The number of carbonyl (C=O) groups is 1. The van der Waals surface area contributed by atoms with E-state index in [-0.39, 0.29) is 17.1 Å². The molecule has 2 aromatic carbocycles. The molecule has 0 fully saturated rings. The van der Waals surface area contributed by atoms with E-state index in [9.17, 15) is 4.79 Å². The fourth-order valence-electron chi connectivity index (χ4n) is 3.75. The Morgan fingerprint density at radius 2 is 1.52 bits per heavy atom. The molecule has 0 aromatic heterocycles. The van der Waals surface area contributed by atoms with Crippen LogP contribution in [0, 0.1) is 0 Å². The van der Waals surface area contributed by atoms with Crippen LogP contribution in [0.2, 0.25) is 5.04 Å². The Bertz CT molecular complexity index is 739. The minimum Gasteiger partial charge on any atom is -0.463 e. The maximum absolute atomic E-state index is 11.5. The lowest BCUT2D eigenvalue weighted by molar-refractivity contribution is -0.137. The Hall–Kier alpha value is -2.17. The van der Waals surface area contributed by atoms with Crippen LogP contribution in [0.1, 0.15) is 47.5 Å². The summed E-state index contributed by atoms with van der Waals surface area (Å²) in [7, 11) is -2.52. The molecule has 3 nitrogen and oxygen atoms in total. The zero-order valence-electron chi connectivity index (χ0n) is 18.4. The van der Waals surface area contributed by atoms with Crippen molar-refractivity contribution in [3.8, 4) is 0 Å². The molecule has 29 heavy (non-hydrogen) atoms. The monoisotopic (exact) mass is 410 g/mol. The number of ether oxygens (including phenoxy) is 1. The minimum absolute atomic E-state index is 0.0370. The van der Waals surface area contributed by atoms with Gasteiger partial charge in [0.25, 0.3) is 8.32 Å². The SMILES string of the molecule is CCOC(=O)/C=C/CC[C@H](C)O[Si](c1ccccc1)(c1ccccc1)C(C)(C)C. The molecule has 0 heterocycles. The molecule has 0 radical (unpaired) electrons. The lowest BCUT2D eigenvalue weighted by Crippen LogP contribution is -2.67. The van der Waals surface area contributed by atoms with Gasteiger partial charge in [-0.05, 0) is 42.1 Å². The molecule has 0 saturated heterocycles. The highest BCUT2D eigenvalue weighted by atomic mass is 28.4. The van der Waals surface area contributed by atoms with Crippen LogP contribution in [0.3, 0.4) is 0 Å². The topological polar surface area (TPSA) is 35.5 Å². The van der Waals surface area contributed by atoms with Crippen LogP contribution in [0.25, 0.3) is 0 Å². The number of carbonyl (C=O) groups excluding carboxylic acids is 1. The molecule has 2 aromatic rings. The number of hydrogen-bond donors (Lipinski definition) is 0. The Morgan fingerprint density at radius 1 is 1.00 bits per heavy atom. The van der Waals surface area contributed by atoms with Gasteiger partial charge in [-0.3, -0.25) is 0 Å². The minimum atomic E-state index is -2.52. The zero-order valence-corrected chi connectivity index (χ0v) is 19.4. The molecule has 0 bridgehead atoms. The van der Waals surface area contributed by atoms with Gasteiger partial charge < -0.3 is 9.16 Å². The number of benzene rings is 2. The van der Waals surface area contributed by atoms with Crippen LogP contribution in [0.4, 0.5) is 0 Å². The molecule has 2 rings (SSSR count). The molecule has 0 unspecified atom stereocenters. The average molecular weight is 411 g/mol. The van der Waals surface area contributed by atoms with Crippen LogP contribution in [0.15, 0.2) is 72.8 Å². The summed E-state index contributed by atoms with van der Waals surface area (Å²) >= 11 is 0. The fraction of sp³-hybridized carbons (Fsp3) is 0.400. The van der Waals surface area contributed by atoms with Gasteiger partial charge in [-0.25, -0.2) is 4.79 Å². The number of hydrogen-bond acceptors (Lipinski definition) is 3. The molecule has 0 aliphatic carbocycles. The fourth-order valence-corrected chi connectivity index (χ4v) is 8.49. The third-order valence-corrected chi connectivity index (χ3v) is 10.2. The van der Waals surface area contributed by atoms with E-state index in [2.05, 4.69) is 88.4 Å². The van der Waals surface area contributed by atoms with Gasteiger partial charge in [-0.2, -0.15) is 0 Å². The first kappa shape index (κ1) is 23.1. The van der Waals surface area contributed by atoms with E-state index in [1.165, 1.54) is 16.4 Å². The second kappa shape index (κ2) is 10.6. The largest absolute Gasteiger partial charge is 0.463 e. The van der Waals surface area contributed by atoms with Crippen molar-refractivity contribution in [2.24, 2.45) is 0 Å². The Labute approximate surface area is 176 Å². The summed E-state index contributed by atoms with van der Waals surface area (Å²) in [5, 5.41) is 2.53. The van der Waals surface area contributed by atoms with Crippen molar-refractivity contribution in [3.05, 3.63) is 72.8 Å². The third kappa shape index (κ3) is 5.91. The standard InChI is InChI=1S/C25H34O3Si/c1-6-27-24(26)20-14-13-15-21(2)28-29(25(3,4)5,22-16-9-7-10-17-22)23-18-11-8-12-19-23/h7-12,14,16-21H,6,13,15H2,1-5H3/b20-14+/t21-/m0/s1. The molecule has 156 valence electrons. The Morgan fingerprint density at radius 3 is 1.97 bits per heavy atom. The molecule has 0 aliphatic heterocycles. The maximum Gasteiger partial charge on any atom is 0.330 e. The molecular formula is C25H34O3Si. The molecular weight excluding hydrogens is 376 g/mol. The van der Waals surface area contributed by atoms with Crippen LogP contribution in [-0.2, 0) is 14.0 Å². The molecule has 0 spiro atoms. The number of allylic oxidation sites excluding steroid dienone is 1. The maximum atomic E-state index is 11.5. The van der Waals surface area contributed by atoms with E-state index in [4.69, 9.17) is 9.16 Å². The van der Waals surface area contributed by atoms with Crippen LogP contribution in [-0.4, -0.2) is 27.0 Å². The summed E-state index contributed by atoms with van der Waals surface area (Å²) in [4.78, 5) is 11.5. The van der Waals surface area contributed by atoms with Crippen LogP contribution >= 0.6 is 0 Å². The Kier molecular flexibility index (Phi) is 8.41. The molecule has 0 N–H and O–H groups in total. The van der Waals surface area contributed by atoms with Crippen molar-refractivity contribution in [2.75, 3.05) is 6.61 Å². The first-order valence-electron chi connectivity index (χ1n) is 10.4. The van der Waals surface area contributed by atoms with Crippen molar-refractivity contribution in [1.82, 2.24) is 0 Å². The molecule has 1 atom stereocenters. The van der Waals surface area contributed by atoms with Crippen molar-refractivity contribution < 1.29 is 14.0 Å². The first-order chi connectivity index (χ1) is 13.8. The number of esters is 1. The molecule has 0 amide bonds. The van der Waals surface area contributed by atoms with Crippen LogP contribution < -0.4 is 10.4 Å². The average Bonchev–Trinajstić information content (AvgIpc) is 2.70. The molecule has 0 aliphatic rings. The normalized spacial score (nSPS) is 13.4. The van der Waals surface area contributed by atoms with Gasteiger partial charge in [0.2, 0.25) is 0 Å². The highest BCUT2D eigenvalue weighted by Gasteiger charge is 2.50. The summed E-state index contributed by atoms with van der Waals surface area (Å²) in [5.41, 5.74) is 0. The van der Waals surface area contributed by atoms with E-state index in [1.807, 2.05) is 13.0 Å². The van der Waals surface area contributed by atoms with E-state index in [0.29, 0.717) is 6.61 Å². The highest BCUT2D eigenvalue weighted by Crippen LogP contribution is 2.37. The van der Waals surface area contributed by atoms with Crippen molar-refractivity contribution in [1.29, 1.82) is 0 Å². The predicted molar refractivity (Wildman–Crippen MR) is 123 cm³/mol. The molecule has 4 heteroatoms. The first-order valence-corrected chi connectivity index (χ1v) is 12.3. The summed E-state index contributed by atoms with van der Waals surface area (Å²) in [5.74, 6) is -0.284. The summed E-state index contributed by atoms with van der Waals surface area (Å²) in [6.07, 6.45) is 5.08. The van der Waals surface area contributed by atoms with Gasteiger partial charge in [0.15, 0.2) is 0 Å². The van der Waals surface area contributed by atoms with Gasteiger partial charge >= 0.3 is 5.97 Å². The zero-order chi connectivity index (χ0) is 21.3. The summed E-state index contributed by atoms with van der Waals surface area (Å²) in [6.45, 7) is 11.2. The van der Waals surface area contributed by atoms with Gasteiger partial charge in [-0.1, -0.05) is 87.5 Å². The smallest absolute Gasteiger partial charge is 0.330 e. The second-order valence-electron chi connectivity index (χ2n) is 8.32. The van der Waals surface area contributed by atoms with Gasteiger partial charge in [-0.15, -0.1) is 0 Å². The van der Waals surface area contributed by atoms with E-state index in [1.54, 1.807) is 0 Å². The van der Waals surface area contributed by atoms with E-state index >= 15 is 0 Å². The van der Waals surface area contributed by atoms with E-state index in [0.717, 1.165) is 12.8 Å². The second-order valence-corrected chi connectivity index (χ2v) is 12.6. The lowest BCUT2D eigenvalue weighted by atomic mass is 10.2. The van der Waals surface area contributed by atoms with Crippen LogP contribution in [0.5, 0.6) is 0 Å². The lowest BCUT2D eigenvalue weighted by Gasteiger charge is -2.44. The van der Waals surface area contributed by atoms with Crippen molar-refractivity contribution in [3.63, 3.8) is 0 Å². The number of rotatable bonds is 9. The Balaban J connectivity index is 2.30.